The topological polar surface area (TPSA) is 121 Å². The Balaban J connectivity index is 1.47. The minimum atomic E-state index is -1.15. The van der Waals surface area contributed by atoms with Crippen LogP contribution >= 0.6 is 11.3 Å². The van der Waals surface area contributed by atoms with Crippen molar-refractivity contribution in [3.8, 4) is 0 Å². The average Bonchev–Trinajstić information content (AvgIpc) is 3.10. The SMILES string of the molecule is C[C@H](OC(=O)COCc1nc2ccccc2s1)C(=O)Nc1ccccc1[N+](=O)[O-]. The van der Waals surface area contributed by atoms with Crippen LogP contribution in [0.15, 0.2) is 48.5 Å². The lowest BCUT2D eigenvalue weighted by atomic mass is 10.2. The summed E-state index contributed by atoms with van der Waals surface area (Å²) in [5.41, 5.74) is 0.634. The zero-order valence-corrected chi connectivity index (χ0v) is 16.2. The van der Waals surface area contributed by atoms with Gasteiger partial charge in [0.05, 0.1) is 21.7 Å². The molecule has 0 saturated heterocycles. The van der Waals surface area contributed by atoms with Crippen LogP contribution in [0.1, 0.15) is 11.9 Å². The highest BCUT2D eigenvalue weighted by atomic mass is 32.1. The standard InChI is InChI=1S/C19H17N3O6S/c1-12(19(24)21-13-6-2-4-8-15(13)22(25)26)28-18(23)11-27-10-17-20-14-7-3-5-9-16(14)29-17/h2-9,12H,10-11H2,1H3,(H,21,24)/t12-/m0/s1. The van der Waals surface area contributed by atoms with Crippen LogP contribution in [0.5, 0.6) is 0 Å². The van der Waals surface area contributed by atoms with E-state index in [-0.39, 0.29) is 24.6 Å². The number of carbonyl (C=O) groups is 2. The number of hydrogen-bond acceptors (Lipinski definition) is 8. The molecule has 0 spiro atoms. The number of nitro groups is 1. The molecule has 1 N–H and O–H groups in total. The lowest BCUT2D eigenvalue weighted by molar-refractivity contribution is -0.383. The molecule has 9 nitrogen and oxygen atoms in total. The number of rotatable bonds is 8. The van der Waals surface area contributed by atoms with Crippen LogP contribution in [0.25, 0.3) is 10.2 Å². The molecule has 1 amide bonds. The number of fused-ring (bicyclic) bond motifs is 1. The van der Waals surface area contributed by atoms with Gasteiger partial charge in [0.2, 0.25) is 0 Å². The molecule has 0 aliphatic carbocycles. The molecule has 1 atom stereocenters. The number of carbonyl (C=O) groups excluding carboxylic acids is 2. The Kier molecular flexibility index (Phi) is 6.47. The van der Waals surface area contributed by atoms with Crippen molar-refractivity contribution in [3.63, 3.8) is 0 Å². The van der Waals surface area contributed by atoms with Gasteiger partial charge in [-0.05, 0) is 25.1 Å². The summed E-state index contributed by atoms with van der Waals surface area (Å²) in [5, 5.41) is 14.1. The van der Waals surface area contributed by atoms with E-state index in [0.717, 1.165) is 15.2 Å². The molecule has 29 heavy (non-hydrogen) atoms. The third kappa shape index (κ3) is 5.33. The van der Waals surface area contributed by atoms with Gasteiger partial charge in [0, 0.05) is 6.07 Å². The number of nitrogens with one attached hydrogen (secondary N) is 1. The number of amides is 1. The van der Waals surface area contributed by atoms with Crippen molar-refractivity contribution in [1.82, 2.24) is 4.98 Å². The molecule has 10 heteroatoms. The minimum Gasteiger partial charge on any atom is -0.451 e. The molecule has 0 aliphatic heterocycles. The third-order valence-corrected chi connectivity index (χ3v) is 4.83. The fourth-order valence-corrected chi connectivity index (χ4v) is 3.37. The monoisotopic (exact) mass is 415 g/mol. The van der Waals surface area contributed by atoms with E-state index < -0.39 is 22.9 Å². The first kappa shape index (κ1) is 20.4. The predicted molar refractivity (Wildman–Crippen MR) is 107 cm³/mol. The summed E-state index contributed by atoms with van der Waals surface area (Å²) in [4.78, 5) is 38.8. The first-order valence-corrected chi connectivity index (χ1v) is 9.41. The van der Waals surface area contributed by atoms with Crippen LogP contribution in [-0.2, 0) is 25.7 Å². The van der Waals surface area contributed by atoms with Crippen molar-refractivity contribution in [2.24, 2.45) is 0 Å². The van der Waals surface area contributed by atoms with E-state index in [4.69, 9.17) is 9.47 Å². The van der Waals surface area contributed by atoms with Gasteiger partial charge in [-0.2, -0.15) is 0 Å². The fourth-order valence-electron chi connectivity index (χ4n) is 2.46. The molecule has 0 radical (unpaired) electrons. The minimum absolute atomic E-state index is 0.0254. The summed E-state index contributed by atoms with van der Waals surface area (Å²) in [6.07, 6.45) is -1.15. The Hall–Kier alpha value is -3.37. The van der Waals surface area contributed by atoms with Crippen LogP contribution in [0.3, 0.4) is 0 Å². The Morgan fingerprint density at radius 2 is 1.93 bits per heavy atom. The van der Waals surface area contributed by atoms with Gasteiger partial charge in [-0.3, -0.25) is 14.9 Å². The van der Waals surface area contributed by atoms with Crippen molar-refractivity contribution in [3.05, 3.63) is 63.7 Å². The van der Waals surface area contributed by atoms with Crippen LogP contribution in [0.2, 0.25) is 0 Å². The predicted octanol–water partition coefficient (Wildman–Crippen LogP) is 3.29. The normalized spacial score (nSPS) is 11.8. The molecule has 0 fully saturated rings. The number of benzene rings is 2. The summed E-state index contributed by atoms with van der Waals surface area (Å²) < 4.78 is 11.4. The molecule has 0 unspecified atom stereocenters. The third-order valence-electron chi connectivity index (χ3n) is 3.82. The molecule has 2 aromatic carbocycles. The maximum absolute atomic E-state index is 12.2. The van der Waals surface area contributed by atoms with E-state index in [2.05, 4.69) is 10.3 Å². The molecule has 150 valence electrons. The van der Waals surface area contributed by atoms with Gasteiger partial charge in [-0.25, -0.2) is 9.78 Å². The lowest BCUT2D eigenvalue weighted by Gasteiger charge is -2.13. The highest BCUT2D eigenvalue weighted by molar-refractivity contribution is 7.18. The number of para-hydroxylation sites is 3. The lowest BCUT2D eigenvalue weighted by Crippen LogP contribution is -2.31. The quantitative estimate of drug-likeness (QED) is 0.340. The fraction of sp³-hybridized carbons (Fsp3) is 0.211. The van der Waals surface area contributed by atoms with Crippen LogP contribution < -0.4 is 5.32 Å². The average molecular weight is 415 g/mol. The van der Waals surface area contributed by atoms with Gasteiger partial charge in [-0.1, -0.05) is 24.3 Å². The van der Waals surface area contributed by atoms with Gasteiger partial charge in [0.15, 0.2) is 6.10 Å². The van der Waals surface area contributed by atoms with Gasteiger partial charge >= 0.3 is 5.97 Å². The molecule has 0 bridgehead atoms. The van der Waals surface area contributed by atoms with E-state index in [1.165, 1.54) is 36.5 Å². The zero-order chi connectivity index (χ0) is 20.8. The van der Waals surface area contributed by atoms with E-state index in [1.54, 1.807) is 6.07 Å². The summed E-state index contributed by atoms with van der Waals surface area (Å²) >= 11 is 1.47. The smallest absolute Gasteiger partial charge is 0.332 e. The Bertz CT molecular complexity index is 1020. The van der Waals surface area contributed by atoms with E-state index in [0.29, 0.717) is 0 Å². The number of ether oxygens (including phenoxy) is 2. The Morgan fingerprint density at radius 3 is 2.69 bits per heavy atom. The second-order valence-corrected chi connectivity index (χ2v) is 7.08. The molecule has 0 aliphatic rings. The number of esters is 1. The first-order valence-electron chi connectivity index (χ1n) is 8.60. The highest BCUT2D eigenvalue weighted by Gasteiger charge is 2.21. The number of nitrogens with zero attached hydrogens (tertiary/aromatic N) is 2. The summed E-state index contributed by atoms with van der Waals surface area (Å²) in [7, 11) is 0. The molecule has 1 aromatic heterocycles. The number of nitro benzene ring substituents is 1. The van der Waals surface area contributed by atoms with Crippen molar-refractivity contribution < 1.29 is 24.0 Å². The van der Waals surface area contributed by atoms with Gasteiger partial charge in [-0.15, -0.1) is 11.3 Å². The zero-order valence-electron chi connectivity index (χ0n) is 15.4. The highest BCUT2D eigenvalue weighted by Crippen LogP contribution is 2.24. The number of thiazole rings is 1. The van der Waals surface area contributed by atoms with Gasteiger partial charge in [0.25, 0.3) is 11.6 Å². The molecule has 1 heterocycles. The molecular weight excluding hydrogens is 398 g/mol. The number of aromatic nitrogens is 1. The van der Waals surface area contributed by atoms with Crippen LogP contribution in [0.4, 0.5) is 11.4 Å². The van der Waals surface area contributed by atoms with E-state index in [9.17, 15) is 19.7 Å². The van der Waals surface area contributed by atoms with E-state index in [1.807, 2.05) is 24.3 Å². The summed E-state index contributed by atoms with van der Waals surface area (Å²) in [5.74, 6) is -1.41. The maximum atomic E-state index is 12.2. The molecular formula is C19H17N3O6S. The Labute approximate surface area is 169 Å². The second-order valence-electron chi connectivity index (χ2n) is 5.96. The first-order chi connectivity index (χ1) is 13.9. The summed E-state index contributed by atoms with van der Waals surface area (Å²) in [6, 6.07) is 13.3. The molecule has 3 rings (SSSR count). The van der Waals surface area contributed by atoms with Gasteiger partial charge in [0.1, 0.15) is 17.3 Å². The molecule has 3 aromatic rings. The molecule has 0 saturated carbocycles. The van der Waals surface area contributed by atoms with Crippen molar-refractivity contribution in [2.45, 2.75) is 19.6 Å². The van der Waals surface area contributed by atoms with Gasteiger partial charge < -0.3 is 14.8 Å². The van der Waals surface area contributed by atoms with Crippen LogP contribution in [-0.4, -0.2) is 34.5 Å². The van der Waals surface area contributed by atoms with Crippen molar-refractivity contribution >= 4 is 44.8 Å². The van der Waals surface area contributed by atoms with Crippen LogP contribution in [0, 0.1) is 10.1 Å². The maximum Gasteiger partial charge on any atom is 0.332 e. The number of anilines is 1. The summed E-state index contributed by atoms with van der Waals surface area (Å²) in [6.45, 7) is 1.17. The number of hydrogen-bond donors (Lipinski definition) is 1. The van der Waals surface area contributed by atoms with Crippen molar-refractivity contribution in [1.29, 1.82) is 0 Å². The van der Waals surface area contributed by atoms with E-state index >= 15 is 0 Å². The second kappa shape index (κ2) is 9.22. The Morgan fingerprint density at radius 1 is 1.21 bits per heavy atom. The van der Waals surface area contributed by atoms with Crippen molar-refractivity contribution in [2.75, 3.05) is 11.9 Å². The largest absolute Gasteiger partial charge is 0.451 e.